The molecule has 0 fully saturated rings. The second-order valence-corrected chi connectivity index (χ2v) is 40.4. The molecule has 5 amide bonds. The van der Waals surface area contributed by atoms with Crippen LogP contribution in [-0.4, -0.2) is 170 Å². The number of hydrazine groups is 1. The van der Waals surface area contributed by atoms with Gasteiger partial charge in [0.2, 0.25) is 23.6 Å². The van der Waals surface area contributed by atoms with Crippen molar-refractivity contribution in [2.75, 3.05) is 86.3 Å². The molecule has 4 aromatic rings. The van der Waals surface area contributed by atoms with Crippen molar-refractivity contribution in [1.82, 2.24) is 34.6 Å². The van der Waals surface area contributed by atoms with E-state index in [9.17, 15) is 24.0 Å². The number of nitrogens with zero attached hydrogens (tertiary/aromatic N) is 6. The van der Waals surface area contributed by atoms with Crippen molar-refractivity contribution < 1.29 is 42.0 Å². The third-order valence-electron chi connectivity index (χ3n) is 17.4. The third-order valence-corrected chi connectivity index (χ3v) is 31.0. The van der Waals surface area contributed by atoms with Gasteiger partial charge in [0.25, 0.3) is 0 Å². The van der Waals surface area contributed by atoms with Crippen molar-refractivity contribution in [1.29, 1.82) is 0 Å². The fourth-order valence-corrected chi connectivity index (χ4v) is 12.0. The predicted molar refractivity (Wildman–Crippen MR) is 329 cm³/mol. The molecule has 0 bridgehead atoms. The Hall–Kier alpha value is -5.16. The minimum absolute atomic E-state index is 0.0149. The zero-order valence-corrected chi connectivity index (χ0v) is 54.8. The Labute approximate surface area is 482 Å². The summed E-state index contributed by atoms with van der Waals surface area (Å²) < 4.78 is 27.5. The summed E-state index contributed by atoms with van der Waals surface area (Å²) >= 11 is 0. The maximum Gasteiger partial charge on any atom is 0.424 e. The first-order chi connectivity index (χ1) is 37.2. The lowest BCUT2D eigenvalue weighted by molar-refractivity contribution is -0.144. The van der Waals surface area contributed by atoms with Gasteiger partial charge in [-0.2, -0.15) is 0 Å². The molecule has 1 aliphatic rings. The topological polar surface area (TPSA) is 155 Å². The van der Waals surface area contributed by atoms with Crippen LogP contribution >= 0.6 is 0 Å². The molecule has 0 atom stereocenters. The molecule has 0 spiro atoms. The van der Waals surface area contributed by atoms with Crippen LogP contribution in [0.25, 0.3) is 22.0 Å². The van der Waals surface area contributed by atoms with Gasteiger partial charge < -0.3 is 42.6 Å². The summed E-state index contributed by atoms with van der Waals surface area (Å²) in [6, 6.07) is 26.4. The highest BCUT2D eigenvalue weighted by molar-refractivity contribution is 6.74. The molecule has 0 aliphatic heterocycles. The van der Waals surface area contributed by atoms with Gasteiger partial charge in [0, 0.05) is 70.4 Å². The number of fused-ring (bicyclic) bond motifs is 4. The molecule has 442 valence electrons. The second-order valence-electron chi connectivity index (χ2n) is 25.9. The monoisotopic (exact) mass is 1160 g/mol. The molecule has 16 nitrogen and oxygen atoms in total. The van der Waals surface area contributed by atoms with Crippen molar-refractivity contribution in [2.24, 2.45) is 0 Å². The predicted octanol–water partition coefficient (Wildman–Crippen LogP) is 10.9. The van der Waals surface area contributed by atoms with Gasteiger partial charge in [0.1, 0.15) is 6.61 Å². The van der Waals surface area contributed by atoms with Crippen LogP contribution in [-0.2, 0) is 50.3 Å². The number of aryl methyl sites for hydroxylation is 1. The summed E-state index contributed by atoms with van der Waals surface area (Å²) in [5.74, 6) is -1.48. The Bertz CT molecular complexity index is 2720. The van der Waals surface area contributed by atoms with Gasteiger partial charge in [-0.05, 0) is 101 Å². The fourth-order valence-electron chi connectivity index (χ4n) is 8.87. The number of hydrogen-bond acceptors (Lipinski definition) is 10. The molecule has 1 N–H and O–H groups in total. The summed E-state index contributed by atoms with van der Waals surface area (Å²) in [4.78, 5) is 75.1. The van der Waals surface area contributed by atoms with Gasteiger partial charge in [-0.25, -0.2) is 14.8 Å². The third kappa shape index (κ3) is 17.0. The number of likely N-dealkylation sites (N-methyl/N-ethyl adjacent to an activating group) is 1. The number of para-hydroxylation sites is 1. The number of aromatic nitrogens is 1. The molecule has 5 rings (SSSR count). The molecular weight excluding hydrogens is 1060 g/mol. The molecule has 0 radical (unpaired) electrons. The van der Waals surface area contributed by atoms with E-state index in [0.29, 0.717) is 32.8 Å². The molecule has 0 saturated carbocycles. The molecule has 19 heteroatoms. The van der Waals surface area contributed by atoms with E-state index >= 15 is 0 Å². The van der Waals surface area contributed by atoms with Gasteiger partial charge in [0.15, 0.2) is 25.0 Å². The molecule has 3 aromatic carbocycles. The Morgan fingerprint density at radius 1 is 0.600 bits per heavy atom. The summed E-state index contributed by atoms with van der Waals surface area (Å²) in [6.45, 7) is 36.2. The van der Waals surface area contributed by atoms with E-state index in [1.54, 1.807) is 17.0 Å². The lowest BCUT2D eigenvalue weighted by Crippen LogP contribution is -2.52. The Balaban J connectivity index is 1.27. The van der Waals surface area contributed by atoms with Crippen LogP contribution in [0, 0.1) is 0 Å². The molecule has 0 saturated heterocycles. The Morgan fingerprint density at radius 2 is 1.04 bits per heavy atom. The average Bonchev–Trinajstić information content (AvgIpc) is 3.89. The van der Waals surface area contributed by atoms with Crippen molar-refractivity contribution in [2.45, 2.75) is 149 Å². The SMILES string of the molecule is CCN(CCO[Si](C)(C)C(C)(C)C)C(=O)CN(CCO[Si](C)(C)C(C)(C)C)C(=O)CN(CCO[Si](C)(C)C(C)(C)C)C(=O)CNC(=O)CCn1c(CN(C)N(C)C(=O)OCC2c3ccccc3-c3ccccc32)cc2ccccc21. The van der Waals surface area contributed by atoms with E-state index in [4.69, 9.17) is 18.0 Å². The summed E-state index contributed by atoms with van der Waals surface area (Å²) in [5.41, 5.74) is 6.39. The molecule has 0 unspecified atom stereocenters. The number of carbonyl (C=O) groups is 5. The highest BCUT2D eigenvalue weighted by Crippen LogP contribution is 2.45. The van der Waals surface area contributed by atoms with Crippen LogP contribution in [0.5, 0.6) is 0 Å². The van der Waals surface area contributed by atoms with Gasteiger partial charge in [-0.1, -0.05) is 129 Å². The van der Waals surface area contributed by atoms with E-state index < -0.39 is 42.9 Å². The van der Waals surface area contributed by atoms with Crippen LogP contribution in [0.2, 0.25) is 54.4 Å². The largest absolute Gasteiger partial charge is 0.447 e. The van der Waals surface area contributed by atoms with E-state index in [2.05, 4.69) is 142 Å². The lowest BCUT2D eigenvalue weighted by Gasteiger charge is -2.38. The minimum atomic E-state index is -2.25. The maximum atomic E-state index is 14.6. The number of nitrogens with one attached hydrogen (secondary N) is 1. The quantitative estimate of drug-likeness (QED) is 0.0450. The second kappa shape index (κ2) is 27.3. The van der Waals surface area contributed by atoms with E-state index in [0.717, 1.165) is 38.9 Å². The zero-order valence-electron chi connectivity index (χ0n) is 51.8. The van der Waals surface area contributed by atoms with Gasteiger partial charge >= 0.3 is 6.09 Å². The molecule has 80 heavy (non-hydrogen) atoms. The van der Waals surface area contributed by atoms with Crippen molar-refractivity contribution in [3.8, 4) is 11.1 Å². The Morgan fingerprint density at radius 3 is 1.52 bits per heavy atom. The first-order valence-electron chi connectivity index (χ1n) is 28.6. The van der Waals surface area contributed by atoms with Crippen LogP contribution in [0.3, 0.4) is 0 Å². The van der Waals surface area contributed by atoms with Crippen LogP contribution < -0.4 is 5.32 Å². The van der Waals surface area contributed by atoms with Crippen molar-refractivity contribution >= 4 is 65.6 Å². The fraction of sp³-hybridized carbons (Fsp3) is 0.590. The number of amides is 5. The molecular formula is C61H97N7O9Si3. The van der Waals surface area contributed by atoms with Gasteiger partial charge in [-0.3, -0.25) is 19.2 Å². The van der Waals surface area contributed by atoms with Crippen LogP contribution in [0.1, 0.15) is 98.4 Å². The molecule has 1 aliphatic carbocycles. The lowest BCUT2D eigenvalue weighted by atomic mass is 9.98. The highest BCUT2D eigenvalue weighted by Gasteiger charge is 2.40. The van der Waals surface area contributed by atoms with Gasteiger partial charge in [-0.15, -0.1) is 0 Å². The first kappa shape index (κ1) is 65.6. The average molecular weight is 1160 g/mol. The zero-order chi connectivity index (χ0) is 59.6. The molecule has 1 heterocycles. The van der Waals surface area contributed by atoms with Crippen molar-refractivity contribution in [3.63, 3.8) is 0 Å². The smallest absolute Gasteiger partial charge is 0.424 e. The Kier molecular flexibility index (Phi) is 22.4. The minimum Gasteiger partial charge on any atom is -0.447 e. The van der Waals surface area contributed by atoms with E-state index in [1.165, 1.54) is 14.8 Å². The van der Waals surface area contributed by atoms with Crippen LogP contribution in [0.4, 0.5) is 4.79 Å². The first-order valence-corrected chi connectivity index (χ1v) is 37.3. The number of carbonyl (C=O) groups excluding carboxylic acids is 5. The number of rotatable bonds is 27. The number of benzene rings is 3. The summed E-state index contributed by atoms with van der Waals surface area (Å²) in [6.07, 6.45) is -0.432. The summed E-state index contributed by atoms with van der Waals surface area (Å²) in [7, 11) is -3.02. The standard InChI is InChI=1S/C61H97N7O9Si3/c1-19-65(34-37-75-78(13,14)59(2,3)4)56(71)43-67(36-39-77-80(17,18)61(8,9)10)57(72)44-66(35-38-76-79(15,16)60(5,6)7)55(70)41-62-54(69)32-33-68-47(40-46-26-20-25-31-53(46)68)42-63(11)64(12)58(73)74-45-52-50-29-23-21-27-48(50)49-28-22-24-30-51(49)52/h20-31,40,52H,19,32-39,41-45H2,1-18H3,(H,62,69). The van der Waals surface area contributed by atoms with Gasteiger partial charge in [0.05, 0.1) is 46.0 Å². The van der Waals surface area contributed by atoms with E-state index in [1.807, 2.05) is 62.5 Å². The summed E-state index contributed by atoms with van der Waals surface area (Å²) in [5, 5.41) is 6.94. The van der Waals surface area contributed by atoms with Crippen LogP contribution in [0.15, 0.2) is 78.9 Å². The normalized spacial score (nSPS) is 13.3. The maximum absolute atomic E-state index is 14.6. The van der Waals surface area contributed by atoms with Crippen molar-refractivity contribution in [3.05, 3.63) is 95.7 Å². The van der Waals surface area contributed by atoms with E-state index in [-0.39, 0.29) is 91.8 Å². The highest BCUT2D eigenvalue weighted by atomic mass is 28.4. The number of hydrogen-bond donors (Lipinski definition) is 1. The molecule has 1 aromatic heterocycles. The number of ether oxygens (including phenoxy) is 1.